The molecule has 4 nitrogen and oxygen atoms in total. The Morgan fingerprint density at radius 1 is 1.47 bits per heavy atom. The third-order valence-corrected chi connectivity index (χ3v) is 5.22. The molecule has 1 fully saturated rings. The summed E-state index contributed by atoms with van der Waals surface area (Å²) in [6.07, 6.45) is 2.12. The average molecular weight is 262 g/mol. The lowest BCUT2D eigenvalue weighted by Crippen LogP contribution is -2.46. The van der Waals surface area contributed by atoms with Crippen LogP contribution in [0.15, 0.2) is 0 Å². The Morgan fingerprint density at radius 3 is 2.76 bits per heavy atom. The molecule has 17 heavy (non-hydrogen) atoms. The number of nitrogens with zero attached hydrogens (tertiary/aromatic N) is 1. The van der Waals surface area contributed by atoms with E-state index < -0.39 is 9.84 Å². The first kappa shape index (κ1) is 14.9. The monoisotopic (exact) mass is 262 g/mol. The van der Waals surface area contributed by atoms with Crippen molar-refractivity contribution in [1.29, 1.82) is 0 Å². The minimum absolute atomic E-state index is 0.146. The van der Waals surface area contributed by atoms with Crippen LogP contribution >= 0.6 is 0 Å². The summed E-state index contributed by atoms with van der Waals surface area (Å²) < 4.78 is 23.0. The average Bonchev–Trinajstić information content (AvgIpc) is 2.25. The fourth-order valence-electron chi connectivity index (χ4n) is 2.18. The molecule has 2 atom stereocenters. The maximum absolute atomic E-state index is 11.5. The van der Waals surface area contributed by atoms with Crippen molar-refractivity contribution < 1.29 is 8.42 Å². The summed E-state index contributed by atoms with van der Waals surface area (Å²) in [5.74, 6) is 1.32. The largest absolute Gasteiger partial charge is 0.312 e. The highest BCUT2D eigenvalue weighted by Gasteiger charge is 2.24. The zero-order chi connectivity index (χ0) is 12.9. The third kappa shape index (κ3) is 5.84. The van der Waals surface area contributed by atoms with Crippen LogP contribution in [-0.4, -0.2) is 57.5 Å². The van der Waals surface area contributed by atoms with Crippen molar-refractivity contribution in [2.24, 2.45) is 5.92 Å². The Labute approximate surface area is 106 Å². The second-order valence-corrected chi connectivity index (χ2v) is 7.56. The van der Waals surface area contributed by atoms with Gasteiger partial charge in [0.25, 0.3) is 0 Å². The SMILES string of the molecule is CCC(C)CN(C)CCC1CS(=O)(=O)CCN1. The predicted octanol–water partition coefficient (Wildman–Crippen LogP) is 0.741. The maximum Gasteiger partial charge on any atom is 0.153 e. The van der Waals surface area contributed by atoms with Gasteiger partial charge in [-0.3, -0.25) is 0 Å². The van der Waals surface area contributed by atoms with Crippen molar-refractivity contribution in [3.8, 4) is 0 Å². The first-order valence-electron chi connectivity index (χ1n) is 6.55. The highest BCUT2D eigenvalue weighted by atomic mass is 32.2. The van der Waals surface area contributed by atoms with Crippen molar-refractivity contribution in [2.75, 3.05) is 38.2 Å². The first-order chi connectivity index (χ1) is 7.93. The van der Waals surface area contributed by atoms with Crippen molar-refractivity contribution in [1.82, 2.24) is 10.2 Å². The standard InChI is InChI=1S/C12H26N2O2S/c1-4-11(2)9-14(3)7-5-12-10-17(15,16)8-6-13-12/h11-13H,4-10H2,1-3H3. The molecule has 1 aliphatic heterocycles. The van der Waals surface area contributed by atoms with Gasteiger partial charge in [-0.1, -0.05) is 20.3 Å². The van der Waals surface area contributed by atoms with Gasteiger partial charge < -0.3 is 10.2 Å². The normalized spacial score (nSPS) is 26.0. The van der Waals surface area contributed by atoms with E-state index in [4.69, 9.17) is 0 Å². The second-order valence-electron chi connectivity index (χ2n) is 5.33. The summed E-state index contributed by atoms with van der Waals surface area (Å²) in [4.78, 5) is 2.30. The number of hydrogen-bond donors (Lipinski definition) is 1. The smallest absolute Gasteiger partial charge is 0.153 e. The van der Waals surface area contributed by atoms with E-state index in [9.17, 15) is 8.42 Å². The third-order valence-electron chi connectivity index (χ3n) is 3.48. The molecule has 0 spiro atoms. The fraction of sp³-hybridized carbons (Fsp3) is 1.00. The zero-order valence-corrected chi connectivity index (χ0v) is 12.1. The molecule has 0 radical (unpaired) electrons. The maximum atomic E-state index is 11.5. The van der Waals surface area contributed by atoms with Crippen LogP contribution in [-0.2, 0) is 9.84 Å². The molecule has 1 heterocycles. The van der Waals surface area contributed by atoms with Gasteiger partial charge >= 0.3 is 0 Å². The molecule has 102 valence electrons. The number of nitrogens with one attached hydrogen (secondary N) is 1. The topological polar surface area (TPSA) is 49.4 Å². The van der Waals surface area contributed by atoms with Gasteiger partial charge in [-0.05, 0) is 25.9 Å². The summed E-state index contributed by atoms with van der Waals surface area (Å²) in [5.41, 5.74) is 0. The highest BCUT2D eigenvalue weighted by molar-refractivity contribution is 7.91. The summed E-state index contributed by atoms with van der Waals surface area (Å²) >= 11 is 0. The Hall–Kier alpha value is -0.130. The van der Waals surface area contributed by atoms with Crippen molar-refractivity contribution in [3.63, 3.8) is 0 Å². The van der Waals surface area contributed by atoms with Crippen molar-refractivity contribution >= 4 is 9.84 Å². The molecular formula is C12H26N2O2S. The quantitative estimate of drug-likeness (QED) is 0.767. The van der Waals surface area contributed by atoms with Crippen LogP contribution in [0.3, 0.4) is 0 Å². The van der Waals surface area contributed by atoms with E-state index in [1.807, 2.05) is 0 Å². The van der Waals surface area contributed by atoms with Gasteiger partial charge in [0.15, 0.2) is 9.84 Å². The zero-order valence-electron chi connectivity index (χ0n) is 11.3. The minimum atomic E-state index is -2.79. The predicted molar refractivity (Wildman–Crippen MR) is 72.0 cm³/mol. The van der Waals surface area contributed by atoms with Crippen molar-refractivity contribution in [3.05, 3.63) is 0 Å². The molecule has 1 saturated heterocycles. The molecule has 0 amide bonds. The van der Waals surface area contributed by atoms with Crippen LogP contribution in [0, 0.1) is 5.92 Å². The summed E-state index contributed by atoms with van der Waals surface area (Å²) in [7, 11) is -0.674. The summed E-state index contributed by atoms with van der Waals surface area (Å²) in [6, 6.07) is 0.146. The summed E-state index contributed by atoms with van der Waals surface area (Å²) in [5, 5.41) is 3.29. The Morgan fingerprint density at radius 2 is 2.18 bits per heavy atom. The van der Waals surface area contributed by atoms with Crippen LogP contribution < -0.4 is 5.32 Å². The molecule has 0 aliphatic carbocycles. The molecule has 1 aliphatic rings. The van der Waals surface area contributed by atoms with Gasteiger partial charge in [-0.25, -0.2) is 8.42 Å². The van der Waals surface area contributed by atoms with Crippen LogP contribution in [0.2, 0.25) is 0 Å². The summed E-state index contributed by atoms with van der Waals surface area (Å²) in [6.45, 7) is 7.13. The van der Waals surface area contributed by atoms with E-state index in [1.54, 1.807) is 0 Å². The van der Waals surface area contributed by atoms with Gasteiger partial charge in [0.05, 0.1) is 11.5 Å². The molecule has 5 heteroatoms. The lowest BCUT2D eigenvalue weighted by Gasteiger charge is -2.27. The minimum Gasteiger partial charge on any atom is -0.312 e. The highest BCUT2D eigenvalue weighted by Crippen LogP contribution is 2.07. The Bertz CT molecular complexity index is 316. The lowest BCUT2D eigenvalue weighted by molar-refractivity contribution is 0.268. The molecular weight excluding hydrogens is 236 g/mol. The Kier molecular flexibility index (Phi) is 5.89. The molecule has 2 unspecified atom stereocenters. The molecule has 0 saturated carbocycles. The van der Waals surface area contributed by atoms with Crippen LogP contribution in [0.25, 0.3) is 0 Å². The van der Waals surface area contributed by atoms with Crippen molar-refractivity contribution in [2.45, 2.75) is 32.7 Å². The lowest BCUT2D eigenvalue weighted by atomic mass is 10.1. The van der Waals surface area contributed by atoms with E-state index in [0.29, 0.717) is 24.0 Å². The number of hydrogen-bond acceptors (Lipinski definition) is 4. The fourth-order valence-corrected chi connectivity index (χ4v) is 3.67. The van der Waals surface area contributed by atoms with Crippen LogP contribution in [0.1, 0.15) is 26.7 Å². The van der Waals surface area contributed by atoms with Gasteiger partial charge in [-0.15, -0.1) is 0 Å². The van der Waals surface area contributed by atoms with Gasteiger partial charge in [0.1, 0.15) is 0 Å². The van der Waals surface area contributed by atoms with Gasteiger partial charge in [0, 0.05) is 19.1 Å². The van der Waals surface area contributed by atoms with E-state index in [1.165, 1.54) is 6.42 Å². The number of rotatable bonds is 6. The molecule has 1 N–H and O–H groups in total. The first-order valence-corrected chi connectivity index (χ1v) is 8.37. The van der Waals surface area contributed by atoms with E-state index in [2.05, 4.69) is 31.1 Å². The molecule has 0 aromatic rings. The molecule has 1 rings (SSSR count). The second kappa shape index (κ2) is 6.71. The Balaban J connectivity index is 2.26. The van der Waals surface area contributed by atoms with E-state index >= 15 is 0 Å². The van der Waals surface area contributed by atoms with Gasteiger partial charge in [-0.2, -0.15) is 0 Å². The van der Waals surface area contributed by atoms with Gasteiger partial charge in [0.2, 0.25) is 0 Å². The van der Waals surface area contributed by atoms with Crippen LogP contribution in [0.5, 0.6) is 0 Å². The number of sulfone groups is 1. The molecule has 0 aromatic carbocycles. The van der Waals surface area contributed by atoms with E-state index in [-0.39, 0.29) is 6.04 Å². The van der Waals surface area contributed by atoms with E-state index in [0.717, 1.165) is 19.5 Å². The molecule has 0 aromatic heterocycles. The van der Waals surface area contributed by atoms with Crippen LogP contribution in [0.4, 0.5) is 0 Å². The molecule has 0 bridgehead atoms.